The SMILES string of the molecule is CSC(=S)NC[C@H]1CN(c2ccc(N3CCOCC3)c(F)c2)C(=O)O1.NC[C@H]1CN(c2ccc(N3CCOCC3)c(F)c2)C(=O)O1. The Labute approximate surface area is 276 Å². The second-order valence-corrected chi connectivity index (χ2v) is 12.3. The summed E-state index contributed by atoms with van der Waals surface area (Å²) in [6.45, 7) is 6.43. The molecule has 4 saturated heterocycles. The number of carbonyl (C=O) groups excluding carboxylic acids is 2. The van der Waals surface area contributed by atoms with Gasteiger partial charge in [0.05, 0.1) is 68.8 Å². The van der Waals surface area contributed by atoms with E-state index >= 15 is 0 Å². The Kier molecular flexibility index (Phi) is 11.7. The molecular weight excluding hydrogens is 642 g/mol. The number of nitrogens with two attached hydrogens (primary N) is 1. The van der Waals surface area contributed by atoms with Gasteiger partial charge in [-0.05, 0) is 42.7 Å². The number of halogens is 2. The summed E-state index contributed by atoms with van der Waals surface area (Å²) in [6, 6.07) is 9.63. The maximum absolute atomic E-state index is 14.5. The molecule has 0 aliphatic carbocycles. The highest BCUT2D eigenvalue weighted by Gasteiger charge is 2.33. The summed E-state index contributed by atoms with van der Waals surface area (Å²) >= 11 is 6.50. The lowest BCUT2D eigenvalue weighted by Gasteiger charge is -2.29. The summed E-state index contributed by atoms with van der Waals surface area (Å²) in [5, 5.41) is 3.03. The molecule has 4 fully saturated rings. The fraction of sp³-hybridized carbons (Fsp3) is 0.500. The smallest absolute Gasteiger partial charge is 0.414 e. The van der Waals surface area contributed by atoms with E-state index in [1.807, 2.05) is 16.1 Å². The number of thioether (sulfide) groups is 1. The van der Waals surface area contributed by atoms with Gasteiger partial charge in [0.1, 0.15) is 28.2 Å². The number of nitrogens with one attached hydrogen (secondary N) is 1. The Morgan fingerprint density at radius 3 is 1.72 bits per heavy atom. The molecule has 250 valence electrons. The quantitative estimate of drug-likeness (QED) is 0.418. The van der Waals surface area contributed by atoms with Crippen molar-refractivity contribution in [1.29, 1.82) is 0 Å². The lowest BCUT2D eigenvalue weighted by Crippen LogP contribution is -2.36. The van der Waals surface area contributed by atoms with Crippen LogP contribution in [-0.2, 0) is 18.9 Å². The van der Waals surface area contributed by atoms with Crippen molar-refractivity contribution in [2.45, 2.75) is 12.2 Å². The minimum absolute atomic E-state index is 0.260. The first-order valence-electron chi connectivity index (χ1n) is 15.0. The standard InChI is InChI=1S/C16H20FN3O3S2.C14H18FN3O3/c1-25-15(24)18-9-12-10-20(16(21)23-12)11-2-3-14(13(17)8-11)19-4-6-22-7-5-19;15-12-7-10(18-9-11(8-16)21-14(18)19)1-2-13(12)17-3-5-20-6-4-17/h2-3,8,12H,4-7,9-10H2,1H3,(H,18,24);1-2,7,11H,3-6,8-9,16H2/t12-;11-/m00/s1. The molecular formula is C30H38F2N6O6S2. The molecule has 0 unspecified atom stereocenters. The molecule has 0 spiro atoms. The van der Waals surface area contributed by atoms with Gasteiger partial charge in [0.2, 0.25) is 0 Å². The van der Waals surface area contributed by atoms with Crippen molar-refractivity contribution in [3.63, 3.8) is 0 Å². The van der Waals surface area contributed by atoms with E-state index in [1.165, 1.54) is 33.7 Å². The van der Waals surface area contributed by atoms with Crippen LogP contribution in [0.25, 0.3) is 0 Å². The van der Waals surface area contributed by atoms with Gasteiger partial charge >= 0.3 is 12.2 Å². The van der Waals surface area contributed by atoms with Gasteiger partial charge in [-0.3, -0.25) is 9.80 Å². The van der Waals surface area contributed by atoms with Gasteiger partial charge in [0, 0.05) is 32.7 Å². The maximum Gasteiger partial charge on any atom is 0.414 e. The predicted octanol–water partition coefficient (Wildman–Crippen LogP) is 3.17. The molecule has 2 aromatic carbocycles. The summed E-state index contributed by atoms with van der Waals surface area (Å²) in [7, 11) is 0. The molecule has 2 amide bonds. The fourth-order valence-corrected chi connectivity index (χ4v) is 5.72. The first-order chi connectivity index (χ1) is 22.3. The third kappa shape index (κ3) is 8.28. The molecule has 4 aliphatic rings. The van der Waals surface area contributed by atoms with E-state index in [0.29, 0.717) is 99.3 Å². The second-order valence-electron chi connectivity index (χ2n) is 10.8. The molecule has 0 bridgehead atoms. The Bertz CT molecular complexity index is 1400. The lowest BCUT2D eigenvalue weighted by molar-refractivity contribution is 0.122. The van der Waals surface area contributed by atoms with E-state index in [2.05, 4.69) is 5.32 Å². The first kappa shape index (κ1) is 33.9. The molecule has 0 saturated carbocycles. The molecule has 4 heterocycles. The Morgan fingerprint density at radius 2 is 1.30 bits per heavy atom. The highest BCUT2D eigenvalue weighted by atomic mass is 32.2. The van der Waals surface area contributed by atoms with Crippen LogP contribution in [0.5, 0.6) is 0 Å². The van der Waals surface area contributed by atoms with E-state index in [-0.39, 0.29) is 30.4 Å². The highest BCUT2D eigenvalue weighted by Crippen LogP contribution is 2.30. The molecule has 0 radical (unpaired) electrons. The van der Waals surface area contributed by atoms with E-state index in [4.69, 9.17) is 36.9 Å². The number of rotatable bonds is 7. The van der Waals surface area contributed by atoms with E-state index in [9.17, 15) is 18.4 Å². The number of ether oxygens (including phenoxy) is 4. The van der Waals surface area contributed by atoms with Gasteiger partial charge in [-0.1, -0.05) is 12.2 Å². The number of hydrogen-bond acceptors (Lipinski definition) is 11. The van der Waals surface area contributed by atoms with Gasteiger partial charge in [-0.15, -0.1) is 11.8 Å². The Balaban J connectivity index is 0.000000184. The third-order valence-corrected chi connectivity index (χ3v) is 9.02. The fourth-order valence-electron chi connectivity index (χ4n) is 5.41. The summed E-state index contributed by atoms with van der Waals surface area (Å²) in [5.74, 6) is -0.698. The minimum Gasteiger partial charge on any atom is -0.443 e. The molecule has 2 atom stereocenters. The molecule has 3 N–H and O–H groups in total. The van der Waals surface area contributed by atoms with Crippen LogP contribution in [0, 0.1) is 11.6 Å². The van der Waals surface area contributed by atoms with E-state index in [0.717, 1.165) is 0 Å². The van der Waals surface area contributed by atoms with Crippen molar-refractivity contribution >= 4 is 63.2 Å². The number of anilines is 4. The van der Waals surface area contributed by atoms with Crippen LogP contribution in [-0.4, -0.2) is 114 Å². The topological polar surface area (TPSA) is 122 Å². The van der Waals surface area contributed by atoms with Crippen LogP contribution in [0.2, 0.25) is 0 Å². The van der Waals surface area contributed by atoms with Gasteiger partial charge < -0.3 is 39.8 Å². The third-order valence-electron chi connectivity index (χ3n) is 7.86. The zero-order valence-corrected chi connectivity index (χ0v) is 27.1. The molecule has 16 heteroatoms. The van der Waals surface area contributed by atoms with Crippen LogP contribution < -0.4 is 30.7 Å². The zero-order chi connectivity index (χ0) is 32.6. The van der Waals surface area contributed by atoms with Crippen LogP contribution in [0.3, 0.4) is 0 Å². The van der Waals surface area contributed by atoms with Gasteiger partial charge in [0.25, 0.3) is 0 Å². The molecule has 4 aliphatic heterocycles. The number of benzene rings is 2. The first-order valence-corrected chi connectivity index (χ1v) is 16.6. The second kappa shape index (κ2) is 15.9. The summed E-state index contributed by atoms with van der Waals surface area (Å²) in [5.41, 5.74) is 7.54. The largest absolute Gasteiger partial charge is 0.443 e. The minimum atomic E-state index is -0.482. The lowest BCUT2D eigenvalue weighted by atomic mass is 10.2. The average Bonchev–Trinajstić information content (AvgIpc) is 3.66. The number of carbonyl (C=O) groups is 2. The van der Waals surface area contributed by atoms with Crippen molar-refractivity contribution in [3.8, 4) is 0 Å². The number of amides is 2. The number of cyclic esters (lactones) is 2. The van der Waals surface area contributed by atoms with Crippen LogP contribution in [0.15, 0.2) is 36.4 Å². The monoisotopic (exact) mass is 680 g/mol. The summed E-state index contributed by atoms with van der Waals surface area (Å²) < 4.78 is 50.4. The molecule has 0 aromatic heterocycles. The van der Waals surface area contributed by atoms with Crippen LogP contribution >= 0.6 is 24.0 Å². The summed E-state index contributed by atoms with van der Waals surface area (Å²) in [6.07, 6.45) is 0.268. The molecule has 46 heavy (non-hydrogen) atoms. The Hall–Kier alpha value is -3.44. The number of hydrogen-bond donors (Lipinski definition) is 2. The van der Waals surface area contributed by atoms with E-state index < -0.39 is 12.2 Å². The molecule has 6 rings (SSSR count). The van der Waals surface area contributed by atoms with Crippen molar-refractivity contribution in [2.24, 2.45) is 5.73 Å². The number of thiocarbonyl (C=S) groups is 1. The van der Waals surface area contributed by atoms with E-state index in [1.54, 1.807) is 24.3 Å². The van der Waals surface area contributed by atoms with Crippen molar-refractivity contribution in [1.82, 2.24) is 5.32 Å². The molecule has 2 aromatic rings. The maximum atomic E-state index is 14.5. The van der Waals surface area contributed by atoms with Gasteiger partial charge in [0.15, 0.2) is 0 Å². The molecule has 12 nitrogen and oxygen atoms in total. The van der Waals surface area contributed by atoms with Gasteiger partial charge in [-0.25, -0.2) is 18.4 Å². The zero-order valence-electron chi connectivity index (χ0n) is 25.5. The van der Waals surface area contributed by atoms with Crippen LogP contribution in [0.4, 0.5) is 41.1 Å². The van der Waals surface area contributed by atoms with Crippen molar-refractivity contribution < 1.29 is 37.3 Å². The normalized spacial score (nSPS) is 21.5. The van der Waals surface area contributed by atoms with Crippen LogP contribution in [0.1, 0.15) is 0 Å². The summed E-state index contributed by atoms with van der Waals surface area (Å²) in [4.78, 5) is 30.6. The average molecular weight is 681 g/mol. The van der Waals surface area contributed by atoms with Gasteiger partial charge in [-0.2, -0.15) is 0 Å². The van der Waals surface area contributed by atoms with Crippen molar-refractivity contribution in [3.05, 3.63) is 48.0 Å². The van der Waals surface area contributed by atoms with Crippen molar-refractivity contribution in [2.75, 3.05) is 105 Å². The Morgan fingerprint density at radius 1 is 0.848 bits per heavy atom. The predicted molar refractivity (Wildman–Crippen MR) is 177 cm³/mol. The number of nitrogens with zero attached hydrogens (tertiary/aromatic N) is 4. The number of morpholine rings is 2. The highest BCUT2D eigenvalue weighted by molar-refractivity contribution is 8.22.